The summed E-state index contributed by atoms with van der Waals surface area (Å²) in [7, 11) is 0. The van der Waals surface area contributed by atoms with Crippen LogP contribution in [0.2, 0.25) is 0 Å². The van der Waals surface area contributed by atoms with E-state index in [0.717, 1.165) is 38.8 Å². The van der Waals surface area contributed by atoms with Crippen molar-refractivity contribution in [2.75, 3.05) is 31.1 Å². The summed E-state index contributed by atoms with van der Waals surface area (Å²) in [5, 5.41) is 14.7. The molecule has 0 amide bonds. The highest BCUT2D eigenvalue weighted by Gasteiger charge is 2.62. The number of rotatable bonds is 5. The van der Waals surface area contributed by atoms with Crippen LogP contribution in [0.4, 0.5) is 23.4 Å². The Hall–Kier alpha value is -3.77. The molecule has 0 radical (unpaired) electrons. The van der Waals surface area contributed by atoms with Crippen LogP contribution in [-0.4, -0.2) is 74.4 Å². The number of phenols is 1. The number of nitrogens with zero attached hydrogens (tertiary/aromatic N) is 5. The van der Waals surface area contributed by atoms with Crippen LogP contribution in [0, 0.1) is 17.6 Å². The van der Waals surface area contributed by atoms with Crippen LogP contribution in [0.15, 0.2) is 24.3 Å². The molecule has 0 spiro atoms. The van der Waals surface area contributed by atoms with Crippen molar-refractivity contribution in [3.63, 3.8) is 0 Å². The van der Waals surface area contributed by atoms with Crippen molar-refractivity contribution in [1.29, 1.82) is 0 Å². The van der Waals surface area contributed by atoms with Gasteiger partial charge in [-0.25, -0.2) is 27.9 Å². The number of aromatic hydroxyl groups is 1. The third kappa shape index (κ3) is 4.30. The van der Waals surface area contributed by atoms with Crippen molar-refractivity contribution >= 4 is 27.5 Å². The number of hydrogen-bond acceptors (Lipinski definition) is 8. The molecule has 4 atom stereocenters. The molecular weight excluding hydrogens is 624 g/mol. The molecule has 0 aliphatic carbocycles. The maximum atomic E-state index is 17.2. The molecule has 12 heteroatoms. The van der Waals surface area contributed by atoms with Crippen LogP contribution in [0.25, 0.3) is 32.9 Å². The summed E-state index contributed by atoms with van der Waals surface area (Å²) < 4.78 is 71.4. The van der Waals surface area contributed by atoms with Gasteiger partial charge < -0.3 is 14.7 Å². The Morgan fingerprint density at radius 3 is 2.58 bits per heavy atom. The van der Waals surface area contributed by atoms with Gasteiger partial charge in [0.05, 0.1) is 29.2 Å². The van der Waals surface area contributed by atoms with E-state index in [9.17, 15) is 5.11 Å². The summed E-state index contributed by atoms with van der Waals surface area (Å²) in [6.45, 7) is 5.85. The zero-order valence-electron chi connectivity index (χ0n) is 27.1. The van der Waals surface area contributed by atoms with Crippen molar-refractivity contribution in [3.8, 4) is 23.0 Å². The number of fused-ring (bicyclic) bond motifs is 7. The number of aryl methyl sites for hydroxylation is 1. The molecule has 4 fully saturated rings. The zero-order chi connectivity index (χ0) is 33.2. The van der Waals surface area contributed by atoms with E-state index in [2.05, 4.69) is 15.2 Å². The van der Waals surface area contributed by atoms with Gasteiger partial charge in [-0.1, -0.05) is 19.9 Å². The number of anilines is 1. The van der Waals surface area contributed by atoms with Gasteiger partial charge in [0.2, 0.25) is 0 Å². The topological polar surface area (TPSA) is 86.6 Å². The van der Waals surface area contributed by atoms with Gasteiger partial charge >= 0.3 is 6.01 Å². The summed E-state index contributed by atoms with van der Waals surface area (Å²) in [6.07, 6.45) is 4.66. The van der Waals surface area contributed by atoms with Gasteiger partial charge in [0, 0.05) is 18.4 Å². The van der Waals surface area contributed by atoms with Gasteiger partial charge in [0.15, 0.2) is 17.4 Å². The minimum Gasteiger partial charge on any atom is -0.508 e. The average Bonchev–Trinajstić information content (AvgIpc) is 3.68. The molecule has 4 aromatic rings. The number of phenolic OH excluding ortho intramolecular Hbond substituents is 1. The van der Waals surface area contributed by atoms with E-state index < -0.39 is 29.3 Å². The normalized spacial score (nSPS) is 29.0. The predicted octanol–water partition coefficient (Wildman–Crippen LogP) is 6.49. The highest BCUT2D eigenvalue weighted by molar-refractivity contribution is 6.02. The number of nitrogens with one attached hydrogen (secondary N) is 1. The van der Waals surface area contributed by atoms with Crippen LogP contribution in [0.3, 0.4) is 0 Å². The number of halogens is 4. The number of ether oxygens (including phenoxy) is 1. The first-order valence-electron chi connectivity index (χ1n) is 17.2. The molecule has 0 unspecified atom stereocenters. The smallest absolute Gasteiger partial charge is 0.319 e. The number of piperazine rings is 1. The largest absolute Gasteiger partial charge is 0.508 e. The molecule has 2 aromatic carbocycles. The Balaban J connectivity index is 1.28. The zero-order valence-corrected chi connectivity index (χ0v) is 27.1. The standard InChI is InChI=1S/C36H38F4N6O2/c1-3-22-24(37)7-6-20-15-21(47)16-23(26(20)22)29-28(38)30-27-25(41-29)14-19(2)31-36(40)11-10-35(39,44-36)17-46(31)32(27)43-33(42-30)48-18-34-8-4-12-45(34)13-5-9-34/h6-7,15-16,19,31,44,47H,3-5,8-14,17-18H2,1-2H3/t19-,31-,35+,36-/m0/s1. The first kappa shape index (κ1) is 30.3. The SMILES string of the molecule is CCc1c(F)ccc2cc(O)cc(-c3nc4c5c(nc(OCC67CCCN6CCC7)nc5c3F)N3C[C@@]5(F)CC[C@](F)(N5)[C@@H]3[C@@H](C)C4)c12. The second-order valence-corrected chi connectivity index (χ2v) is 14.7. The first-order valence-corrected chi connectivity index (χ1v) is 17.2. The Morgan fingerprint density at radius 2 is 1.81 bits per heavy atom. The third-order valence-electron chi connectivity index (χ3n) is 11.7. The summed E-state index contributed by atoms with van der Waals surface area (Å²) in [5.74, 6) is -5.54. The monoisotopic (exact) mass is 662 g/mol. The van der Waals surface area contributed by atoms with Gasteiger partial charge in [0.25, 0.3) is 0 Å². The lowest BCUT2D eigenvalue weighted by Crippen LogP contribution is -2.69. The average molecular weight is 663 g/mol. The fourth-order valence-corrected chi connectivity index (χ4v) is 9.71. The summed E-state index contributed by atoms with van der Waals surface area (Å²) in [5.41, 5.74) is 0.713. The highest BCUT2D eigenvalue weighted by Crippen LogP contribution is 2.51. The number of alkyl halides is 2. The van der Waals surface area contributed by atoms with E-state index in [-0.39, 0.29) is 71.6 Å². The van der Waals surface area contributed by atoms with Crippen LogP contribution >= 0.6 is 0 Å². The van der Waals surface area contributed by atoms with Crippen LogP contribution in [0.1, 0.15) is 63.6 Å². The van der Waals surface area contributed by atoms with Gasteiger partial charge in [-0.2, -0.15) is 9.97 Å². The highest BCUT2D eigenvalue weighted by atomic mass is 19.2. The van der Waals surface area contributed by atoms with Gasteiger partial charge in [-0.05, 0) is 92.1 Å². The Bertz CT molecular complexity index is 2000. The molecule has 8 nitrogen and oxygen atoms in total. The molecule has 5 aliphatic heterocycles. The minimum absolute atomic E-state index is 0.00499. The van der Waals surface area contributed by atoms with Gasteiger partial charge in [0.1, 0.15) is 35.2 Å². The molecule has 2 bridgehead atoms. The van der Waals surface area contributed by atoms with Crippen molar-refractivity contribution in [2.24, 2.45) is 5.92 Å². The molecule has 5 aliphatic rings. The van der Waals surface area contributed by atoms with Crippen molar-refractivity contribution in [3.05, 3.63) is 47.2 Å². The lowest BCUT2D eigenvalue weighted by molar-refractivity contribution is -0.00286. The number of aromatic nitrogens is 3. The Morgan fingerprint density at radius 1 is 1.02 bits per heavy atom. The fourth-order valence-electron chi connectivity index (χ4n) is 9.71. The van der Waals surface area contributed by atoms with Crippen molar-refractivity contribution in [1.82, 2.24) is 25.2 Å². The molecule has 4 saturated heterocycles. The van der Waals surface area contributed by atoms with E-state index in [1.165, 1.54) is 18.2 Å². The molecule has 2 aromatic heterocycles. The van der Waals surface area contributed by atoms with E-state index in [0.29, 0.717) is 40.4 Å². The van der Waals surface area contributed by atoms with E-state index in [1.807, 2.05) is 13.8 Å². The predicted molar refractivity (Wildman–Crippen MR) is 174 cm³/mol. The quantitative estimate of drug-likeness (QED) is 0.185. The Kier molecular flexibility index (Phi) is 6.55. The number of pyridine rings is 1. The van der Waals surface area contributed by atoms with Crippen LogP contribution < -0.4 is 15.0 Å². The Labute approximate surface area is 275 Å². The molecular formula is C36H38F4N6O2. The molecule has 0 saturated carbocycles. The second kappa shape index (κ2) is 10.4. The van der Waals surface area contributed by atoms with E-state index in [4.69, 9.17) is 14.7 Å². The van der Waals surface area contributed by atoms with E-state index >= 15 is 17.6 Å². The van der Waals surface area contributed by atoms with E-state index in [1.54, 1.807) is 11.0 Å². The lowest BCUT2D eigenvalue weighted by atomic mass is 9.87. The van der Waals surface area contributed by atoms with Crippen molar-refractivity contribution < 1.29 is 27.4 Å². The lowest BCUT2D eigenvalue weighted by Gasteiger charge is -2.48. The maximum Gasteiger partial charge on any atom is 0.319 e. The first-order chi connectivity index (χ1) is 23.0. The van der Waals surface area contributed by atoms with Crippen molar-refractivity contribution in [2.45, 2.75) is 88.4 Å². The summed E-state index contributed by atoms with van der Waals surface area (Å²) in [4.78, 5) is 18.4. The fraction of sp³-hybridized carbons (Fsp3) is 0.528. The molecule has 9 rings (SSSR count). The van der Waals surface area contributed by atoms with Crippen LogP contribution in [-0.2, 0) is 12.8 Å². The molecule has 2 N–H and O–H groups in total. The molecule has 7 heterocycles. The summed E-state index contributed by atoms with van der Waals surface area (Å²) >= 11 is 0. The number of hydrogen-bond donors (Lipinski definition) is 2. The van der Waals surface area contributed by atoms with Gasteiger partial charge in [-0.3, -0.25) is 4.90 Å². The van der Waals surface area contributed by atoms with Gasteiger partial charge in [-0.15, -0.1) is 0 Å². The third-order valence-corrected chi connectivity index (χ3v) is 11.7. The summed E-state index contributed by atoms with van der Waals surface area (Å²) in [6, 6.07) is 4.93. The van der Waals surface area contributed by atoms with Crippen LogP contribution in [0.5, 0.6) is 11.8 Å². The molecule has 252 valence electrons. The molecule has 48 heavy (non-hydrogen) atoms. The maximum absolute atomic E-state index is 17.2. The minimum atomic E-state index is -2.03. The number of benzene rings is 2. The second-order valence-electron chi connectivity index (χ2n) is 14.7.